The summed E-state index contributed by atoms with van der Waals surface area (Å²) in [6.45, 7) is 4.71. The Morgan fingerprint density at radius 3 is 2.55 bits per heavy atom. The third kappa shape index (κ3) is 6.49. The molecule has 1 atom stereocenters. The topological polar surface area (TPSA) is 70.6 Å². The highest BCUT2D eigenvalue weighted by Gasteiger charge is 2.28. The summed E-state index contributed by atoms with van der Waals surface area (Å²) in [5.74, 6) is -1.98. The van der Waals surface area contributed by atoms with E-state index in [1.165, 1.54) is 31.2 Å². The highest BCUT2D eigenvalue weighted by Crippen LogP contribution is 2.34. The Bertz CT molecular complexity index is 1070. The highest BCUT2D eigenvalue weighted by atomic mass is 19.3. The first-order chi connectivity index (χ1) is 15.8. The predicted octanol–water partition coefficient (Wildman–Crippen LogP) is 5.22. The van der Waals surface area contributed by atoms with Crippen molar-refractivity contribution >= 4 is 16.7 Å². The summed E-state index contributed by atoms with van der Waals surface area (Å²) in [5.41, 5.74) is 0.505. The Balaban J connectivity index is 1.70. The van der Waals surface area contributed by atoms with Gasteiger partial charge in [0.05, 0.1) is 6.61 Å². The lowest BCUT2D eigenvalue weighted by atomic mass is 10.0. The normalized spacial score (nSPS) is 12.5. The van der Waals surface area contributed by atoms with E-state index in [4.69, 9.17) is 9.84 Å². The number of carbonyl (C=O) groups is 1. The average Bonchev–Trinajstić information content (AvgIpc) is 2.82. The minimum absolute atomic E-state index is 0.0166. The second kappa shape index (κ2) is 11.2. The van der Waals surface area contributed by atoms with Crippen LogP contribution < -0.4 is 15.4 Å². The van der Waals surface area contributed by atoms with E-state index in [0.29, 0.717) is 30.2 Å². The van der Waals surface area contributed by atoms with Crippen LogP contribution >= 0.6 is 0 Å². The number of amides is 1. The molecule has 176 valence electrons. The molecule has 3 aromatic carbocycles. The van der Waals surface area contributed by atoms with E-state index in [1.807, 2.05) is 25.1 Å². The first kappa shape index (κ1) is 24.6. The molecule has 1 amide bonds. The van der Waals surface area contributed by atoms with E-state index in [-0.39, 0.29) is 30.5 Å². The molecule has 0 saturated carbocycles. The number of aliphatic hydroxyl groups is 1. The number of hydrogen-bond donors (Lipinski definition) is 3. The minimum atomic E-state index is -2.86. The number of carbonyl (C=O) groups excluding carboxylic acids is 1. The fraction of sp³-hybridized carbons (Fsp3) is 0.346. The number of ether oxygens (including phenoxy) is 1. The Morgan fingerprint density at radius 1 is 1.09 bits per heavy atom. The molecule has 7 heteroatoms. The summed E-state index contributed by atoms with van der Waals surface area (Å²) in [6.07, 6.45) is 0.492. The molecule has 0 aliphatic heterocycles. The molecule has 33 heavy (non-hydrogen) atoms. The third-order valence-corrected chi connectivity index (χ3v) is 5.47. The Kier molecular flexibility index (Phi) is 8.36. The van der Waals surface area contributed by atoms with Gasteiger partial charge >= 0.3 is 0 Å². The zero-order chi connectivity index (χ0) is 23.8. The third-order valence-electron chi connectivity index (χ3n) is 5.47. The predicted molar refractivity (Wildman–Crippen MR) is 126 cm³/mol. The number of aliphatic hydroxyl groups excluding tert-OH is 1. The SMILES string of the molecule is CCC(F)(F)c1ccc(Oc2cccc3cc(C(=O)N[C@H](C)CCNCCO)ccc23)cc1. The van der Waals surface area contributed by atoms with Crippen LogP contribution in [0.4, 0.5) is 8.78 Å². The average molecular weight is 457 g/mol. The number of nitrogens with one attached hydrogen (secondary N) is 2. The Labute approximate surface area is 192 Å². The summed E-state index contributed by atoms with van der Waals surface area (Å²) in [6, 6.07) is 16.7. The maximum absolute atomic E-state index is 13.8. The van der Waals surface area contributed by atoms with Gasteiger partial charge in [-0.25, -0.2) is 8.78 Å². The molecule has 0 bridgehead atoms. The largest absolute Gasteiger partial charge is 0.457 e. The second-order valence-corrected chi connectivity index (χ2v) is 8.01. The van der Waals surface area contributed by atoms with Crippen molar-refractivity contribution in [2.24, 2.45) is 0 Å². The molecule has 3 rings (SSSR count). The lowest BCUT2D eigenvalue weighted by Gasteiger charge is -2.16. The monoisotopic (exact) mass is 456 g/mol. The molecule has 0 heterocycles. The molecule has 5 nitrogen and oxygen atoms in total. The van der Waals surface area contributed by atoms with Crippen molar-refractivity contribution < 1.29 is 23.4 Å². The number of hydrogen-bond acceptors (Lipinski definition) is 4. The van der Waals surface area contributed by atoms with E-state index in [0.717, 1.165) is 17.2 Å². The fourth-order valence-electron chi connectivity index (χ4n) is 3.48. The van der Waals surface area contributed by atoms with Crippen molar-refractivity contribution in [1.29, 1.82) is 0 Å². The molecule has 0 unspecified atom stereocenters. The second-order valence-electron chi connectivity index (χ2n) is 8.01. The van der Waals surface area contributed by atoms with Crippen molar-refractivity contribution in [2.45, 2.75) is 38.7 Å². The van der Waals surface area contributed by atoms with Gasteiger partial charge in [-0.15, -0.1) is 0 Å². The Hall–Kier alpha value is -3.03. The minimum Gasteiger partial charge on any atom is -0.457 e. The first-order valence-corrected chi connectivity index (χ1v) is 11.2. The zero-order valence-electron chi connectivity index (χ0n) is 18.9. The maximum atomic E-state index is 13.8. The van der Waals surface area contributed by atoms with E-state index in [1.54, 1.807) is 18.2 Å². The van der Waals surface area contributed by atoms with Gasteiger partial charge in [-0.05, 0) is 73.8 Å². The summed E-state index contributed by atoms with van der Waals surface area (Å²) in [5, 5.41) is 16.5. The van der Waals surface area contributed by atoms with Crippen LogP contribution in [0.2, 0.25) is 0 Å². The van der Waals surface area contributed by atoms with E-state index >= 15 is 0 Å². The van der Waals surface area contributed by atoms with Gasteiger partial charge in [0.2, 0.25) is 0 Å². The smallest absolute Gasteiger partial charge is 0.273 e. The standard InChI is InChI=1S/C26H30F2N2O3/c1-3-26(27,28)21-8-10-22(11-9-21)33-24-6-4-5-19-17-20(7-12-23(19)24)25(32)30-18(2)13-14-29-15-16-31/h4-12,17-18,29,31H,3,13-16H2,1-2H3,(H,30,32)/t18-/m1/s1. The lowest BCUT2D eigenvalue weighted by Crippen LogP contribution is -2.35. The molecule has 0 fully saturated rings. The van der Waals surface area contributed by atoms with Crippen LogP contribution in [0.1, 0.15) is 42.6 Å². The van der Waals surface area contributed by atoms with Gasteiger partial charge in [0.1, 0.15) is 11.5 Å². The summed E-state index contributed by atoms with van der Waals surface area (Å²) >= 11 is 0. The molecule has 0 aliphatic rings. The van der Waals surface area contributed by atoms with Crippen molar-refractivity contribution in [3.63, 3.8) is 0 Å². The molecule has 0 spiro atoms. The molecule has 0 aliphatic carbocycles. The van der Waals surface area contributed by atoms with Gasteiger partial charge in [0, 0.05) is 35.5 Å². The van der Waals surface area contributed by atoms with Crippen LogP contribution in [-0.4, -0.2) is 36.8 Å². The van der Waals surface area contributed by atoms with Gasteiger partial charge in [-0.3, -0.25) is 4.79 Å². The Morgan fingerprint density at radius 2 is 1.85 bits per heavy atom. The van der Waals surface area contributed by atoms with Crippen molar-refractivity contribution in [3.8, 4) is 11.5 Å². The molecule has 0 aromatic heterocycles. The molecule has 3 aromatic rings. The molecular formula is C26H30F2N2O3. The number of rotatable bonds is 11. The molecular weight excluding hydrogens is 426 g/mol. The number of fused-ring (bicyclic) bond motifs is 1. The van der Waals surface area contributed by atoms with Crippen LogP contribution in [0, 0.1) is 0 Å². The van der Waals surface area contributed by atoms with Gasteiger partial charge in [0.25, 0.3) is 11.8 Å². The van der Waals surface area contributed by atoms with Crippen molar-refractivity contribution in [2.75, 3.05) is 19.7 Å². The first-order valence-electron chi connectivity index (χ1n) is 11.2. The van der Waals surface area contributed by atoms with Crippen LogP contribution in [0.3, 0.4) is 0 Å². The number of benzene rings is 3. The number of alkyl halides is 2. The summed E-state index contributed by atoms with van der Waals surface area (Å²) in [4.78, 5) is 12.6. The summed E-state index contributed by atoms with van der Waals surface area (Å²) < 4.78 is 33.6. The fourth-order valence-corrected chi connectivity index (χ4v) is 3.48. The van der Waals surface area contributed by atoms with Gasteiger partial charge in [0.15, 0.2) is 0 Å². The van der Waals surface area contributed by atoms with Crippen LogP contribution in [0.5, 0.6) is 11.5 Å². The maximum Gasteiger partial charge on any atom is 0.273 e. The van der Waals surface area contributed by atoms with Crippen molar-refractivity contribution in [3.05, 3.63) is 71.8 Å². The number of halogens is 2. The van der Waals surface area contributed by atoms with E-state index in [2.05, 4.69) is 10.6 Å². The van der Waals surface area contributed by atoms with Crippen molar-refractivity contribution in [1.82, 2.24) is 10.6 Å². The van der Waals surface area contributed by atoms with E-state index in [9.17, 15) is 13.6 Å². The lowest BCUT2D eigenvalue weighted by molar-refractivity contribution is -0.00831. The zero-order valence-corrected chi connectivity index (χ0v) is 18.9. The van der Waals surface area contributed by atoms with E-state index < -0.39 is 5.92 Å². The molecule has 0 radical (unpaired) electrons. The summed E-state index contributed by atoms with van der Waals surface area (Å²) in [7, 11) is 0. The molecule has 3 N–H and O–H groups in total. The van der Waals surface area contributed by atoms with Crippen LogP contribution in [-0.2, 0) is 5.92 Å². The highest BCUT2D eigenvalue weighted by molar-refractivity contribution is 6.00. The van der Waals surface area contributed by atoms with Crippen LogP contribution in [0.15, 0.2) is 60.7 Å². The van der Waals surface area contributed by atoms with Crippen LogP contribution in [0.25, 0.3) is 10.8 Å². The van der Waals surface area contributed by atoms with Gasteiger partial charge in [-0.1, -0.05) is 19.1 Å². The molecule has 0 saturated heterocycles. The van der Waals surface area contributed by atoms with Gasteiger partial charge in [-0.2, -0.15) is 0 Å². The van der Waals surface area contributed by atoms with Gasteiger partial charge < -0.3 is 20.5 Å². The quantitative estimate of drug-likeness (QED) is 0.346.